The maximum absolute atomic E-state index is 14.0. The number of hydrogen-bond acceptors (Lipinski definition) is 5. The summed E-state index contributed by atoms with van der Waals surface area (Å²) in [5, 5.41) is 14.0. The molecule has 3 aromatic carbocycles. The van der Waals surface area contributed by atoms with Crippen LogP contribution in [0.2, 0.25) is 0 Å². The van der Waals surface area contributed by atoms with Gasteiger partial charge in [-0.3, -0.25) is 14.5 Å². The number of likely N-dealkylation sites (N-methyl/N-ethyl adjacent to an activating group) is 1. The molecule has 0 spiro atoms. The number of carbonyl (C=O) groups excluding carboxylic acids is 2. The van der Waals surface area contributed by atoms with E-state index in [0.717, 1.165) is 11.1 Å². The number of carbonyl (C=O) groups is 2. The van der Waals surface area contributed by atoms with Crippen LogP contribution in [0, 0.1) is 0 Å². The van der Waals surface area contributed by atoms with Gasteiger partial charge in [-0.25, -0.2) is 0 Å². The normalized spacial score (nSPS) is 18.9. The van der Waals surface area contributed by atoms with Crippen molar-refractivity contribution < 1.29 is 14.7 Å². The number of benzene rings is 3. The number of para-hydroxylation sites is 1. The third-order valence-electron chi connectivity index (χ3n) is 7.66. The van der Waals surface area contributed by atoms with Crippen LogP contribution in [0.25, 0.3) is 0 Å². The summed E-state index contributed by atoms with van der Waals surface area (Å²) >= 11 is 0. The molecule has 0 aliphatic carbocycles. The molecule has 200 valence electrons. The van der Waals surface area contributed by atoms with Crippen LogP contribution in [0.5, 0.6) is 0 Å². The van der Waals surface area contributed by atoms with E-state index >= 15 is 0 Å². The number of piperidine rings is 1. The maximum atomic E-state index is 14.0. The van der Waals surface area contributed by atoms with Gasteiger partial charge < -0.3 is 21.1 Å². The highest BCUT2D eigenvalue weighted by molar-refractivity contribution is 5.99. The van der Waals surface area contributed by atoms with Crippen LogP contribution >= 0.6 is 0 Å². The summed E-state index contributed by atoms with van der Waals surface area (Å²) < 4.78 is 0. The average Bonchev–Trinajstić information content (AvgIpc) is 2.93. The lowest BCUT2D eigenvalue weighted by Gasteiger charge is -2.44. The zero-order valence-corrected chi connectivity index (χ0v) is 22.4. The monoisotopic (exact) mass is 514 g/mol. The zero-order valence-electron chi connectivity index (χ0n) is 22.4. The largest absolute Gasteiger partial charge is 0.398 e. The van der Waals surface area contributed by atoms with Crippen molar-refractivity contribution in [2.24, 2.45) is 0 Å². The quantitative estimate of drug-likeness (QED) is 0.401. The second kappa shape index (κ2) is 11.8. The van der Waals surface area contributed by atoms with Gasteiger partial charge in [0.15, 0.2) is 0 Å². The molecule has 1 aliphatic heterocycles. The maximum Gasteiger partial charge on any atom is 0.253 e. The summed E-state index contributed by atoms with van der Waals surface area (Å²) in [5.74, 6) is -0.262. The molecule has 0 bridgehead atoms. The van der Waals surface area contributed by atoms with E-state index in [2.05, 4.69) is 17.1 Å². The van der Waals surface area contributed by atoms with Crippen LogP contribution in [0.3, 0.4) is 0 Å². The van der Waals surface area contributed by atoms with Crippen molar-refractivity contribution in [3.05, 3.63) is 102 Å². The van der Waals surface area contributed by atoms with Crippen LogP contribution in [0.1, 0.15) is 41.3 Å². The standard InChI is InChI=1S/C31H38N4O3/c1-22(35-19-18-27(28(36)21-35)33-29(37)25-16-10-11-17-26(25)32)20-31(30(38)34(2)3,23-12-6-4-7-13-23)24-14-8-5-9-15-24/h4-17,22,27-28,36H,18-21,32H2,1-3H3,(H,33,37)/t22?,27-,28-/m0/s1. The number of anilines is 1. The molecule has 1 fully saturated rings. The van der Waals surface area contributed by atoms with Crippen LogP contribution < -0.4 is 11.1 Å². The number of amides is 2. The Labute approximate surface area is 225 Å². The van der Waals surface area contributed by atoms with Gasteiger partial charge in [-0.05, 0) is 43.0 Å². The fourth-order valence-electron chi connectivity index (χ4n) is 5.61. The van der Waals surface area contributed by atoms with E-state index in [4.69, 9.17) is 5.73 Å². The molecular formula is C31H38N4O3. The zero-order chi connectivity index (χ0) is 27.3. The first kappa shape index (κ1) is 27.4. The number of aliphatic hydroxyl groups excluding tert-OH is 1. The van der Waals surface area contributed by atoms with Crippen molar-refractivity contribution >= 4 is 17.5 Å². The van der Waals surface area contributed by atoms with E-state index in [1.165, 1.54) is 0 Å². The fourth-order valence-corrected chi connectivity index (χ4v) is 5.61. The third kappa shape index (κ3) is 5.59. The van der Waals surface area contributed by atoms with E-state index < -0.39 is 11.5 Å². The summed E-state index contributed by atoms with van der Waals surface area (Å²) in [5.41, 5.74) is 7.79. The van der Waals surface area contributed by atoms with Crippen LogP contribution in [0.15, 0.2) is 84.9 Å². The van der Waals surface area contributed by atoms with E-state index in [1.54, 1.807) is 43.3 Å². The second-order valence-electron chi connectivity index (χ2n) is 10.4. The molecule has 38 heavy (non-hydrogen) atoms. The third-order valence-corrected chi connectivity index (χ3v) is 7.66. The number of likely N-dealkylation sites (tertiary alicyclic amines) is 1. The Bertz CT molecular complexity index is 1190. The van der Waals surface area contributed by atoms with Gasteiger partial charge in [-0.1, -0.05) is 72.8 Å². The van der Waals surface area contributed by atoms with E-state index in [0.29, 0.717) is 37.2 Å². The number of hydrogen-bond donors (Lipinski definition) is 3. The van der Waals surface area contributed by atoms with Gasteiger partial charge in [0.05, 0.1) is 17.7 Å². The van der Waals surface area contributed by atoms with E-state index in [9.17, 15) is 14.7 Å². The molecule has 2 amide bonds. The van der Waals surface area contributed by atoms with Crippen molar-refractivity contribution in [2.45, 2.75) is 43.4 Å². The minimum atomic E-state index is -0.883. The predicted octanol–water partition coefficient (Wildman–Crippen LogP) is 3.29. The highest BCUT2D eigenvalue weighted by Crippen LogP contribution is 2.39. The molecule has 7 nitrogen and oxygen atoms in total. The molecule has 3 atom stereocenters. The number of aliphatic hydroxyl groups is 1. The van der Waals surface area contributed by atoms with E-state index in [1.807, 2.05) is 60.7 Å². The Morgan fingerprint density at radius 3 is 2.08 bits per heavy atom. The number of nitrogen functional groups attached to an aromatic ring is 1. The van der Waals surface area contributed by atoms with Crippen molar-refractivity contribution in [3.63, 3.8) is 0 Å². The average molecular weight is 515 g/mol. The first-order chi connectivity index (χ1) is 18.2. The molecule has 7 heteroatoms. The molecule has 4 rings (SSSR count). The number of β-amino-alcohol motifs (C(OH)–C–C–N with tert-alkyl or cyclic N) is 1. The molecule has 1 aliphatic rings. The topological polar surface area (TPSA) is 98.9 Å². The SMILES string of the molecule is CC(CC(C(=O)N(C)C)(c1ccccc1)c1ccccc1)N1CC[C@H](NC(=O)c2ccccc2N)[C@@H](O)C1. The molecule has 0 aromatic heterocycles. The molecule has 4 N–H and O–H groups in total. The number of nitrogens with two attached hydrogens (primary N) is 1. The van der Waals surface area contributed by atoms with Crippen LogP contribution in [0.4, 0.5) is 5.69 Å². The fraction of sp³-hybridized carbons (Fsp3) is 0.355. The summed E-state index contributed by atoms with van der Waals surface area (Å²) in [7, 11) is 3.59. The van der Waals surface area contributed by atoms with Gasteiger partial charge in [0.25, 0.3) is 5.91 Å². The summed E-state index contributed by atoms with van der Waals surface area (Å²) in [6, 6.07) is 26.4. The number of nitrogens with one attached hydrogen (secondary N) is 1. The van der Waals surface area contributed by atoms with Gasteiger partial charge in [0.2, 0.25) is 5.91 Å². The van der Waals surface area contributed by atoms with Gasteiger partial charge >= 0.3 is 0 Å². The Morgan fingerprint density at radius 2 is 1.55 bits per heavy atom. The smallest absolute Gasteiger partial charge is 0.253 e. The molecular weight excluding hydrogens is 476 g/mol. The number of rotatable bonds is 8. The highest BCUT2D eigenvalue weighted by Gasteiger charge is 2.45. The number of nitrogens with zero attached hydrogens (tertiary/aromatic N) is 2. The molecule has 0 saturated carbocycles. The molecule has 1 unspecified atom stereocenters. The van der Waals surface area contributed by atoms with E-state index in [-0.39, 0.29) is 23.9 Å². The second-order valence-corrected chi connectivity index (χ2v) is 10.4. The predicted molar refractivity (Wildman–Crippen MR) is 151 cm³/mol. The van der Waals surface area contributed by atoms with Crippen molar-refractivity contribution in [3.8, 4) is 0 Å². The van der Waals surface area contributed by atoms with Gasteiger partial charge in [-0.2, -0.15) is 0 Å². The van der Waals surface area contributed by atoms with Crippen molar-refractivity contribution in [2.75, 3.05) is 32.9 Å². The highest BCUT2D eigenvalue weighted by atomic mass is 16.3. The molecule has 1 saturated heterocycles. The Morgan fingerprint density at radius 1 is 1.00 bits per heavy atom. The summed E-state index contributed by atoms with van der Waals surface area (Å²) in [6.07, 6.45) is 0.393. The van der Waals surface area contributed by atoms with Gasteiger partial charge in [0, 0.05) is 38.9 Å². The molecule has 3 aromatic rings. The lowest BCUT2D eigenvalue weighted by molar-refractivity contribution is -0.134. The minimum absolute atomic E-state index is 0.0182. The summed E-state index contributed by atoms with van der Waals surface area (Å²) in [6.45, 7) is 3.19. The van der Waals surface area contributed by atoms with Crippen molar-refractivity contribution in [1.29, 1.82) is 0 Å². The van der Waals surface area contributed by atoms with Gasteiger partial charge in [-0.15, -0.1) is 0 Å². The summed E-state index contributed by atoms with van der Waals surface area (Å²) in [4.78, 5) is 30.6. The first-order valence-electron chi connectivity index (χ1n) is 13.1. The Kier molecular flexibility index (Phi) is 8.49. The molecule has 0 radical (unpaired) electrons. The Hall–Kier alpha value is -3.68. The minimum Gasteiger partial charge on any atom is -0.398 e. The Balaban J connectivity index is 1.55. The van der Waals surface area contributed by atoms with Crippen molar-refractivity contribution in [1.82, 2.24) is 15.1 Å². The lowest BCUT2D eigenvalue weighted by Crippen LogP contribution is -2.57. The van der Waals surface area contributed by atoms with Gasteiger partial charge in [0.1, 0.15) is 5.41 Å². The lowest BCUT2D eigenvalue weighted by atomic mass is 9.69. The van der Waals surface area contributed by atoms with Crippen LogP contribution in [-0.4, -0.2) is 72.1 Å². The first-order valence-corrected chi connectivity index (χ1v) is 13.1. The molecule has 1 heterocycles. The van der Waals surface area contributed by atoms with Crippen LogP contribution in [-0.2, 0) is 10.2 Å².